The number of aryl methyl sites for hydroxylation is 1. The van der Waals surface area contributed by atoms with Crippen molar-refractivity contribution in [3.8, 4) is 0 Å². The van der Waals surface area contributed by atoms with Crippen LogP contribution in [0.1, 0.15) is 10.6 Å². The summed E-state index contributed by atoms with van der Waals surface area (Å²) in [6.45, 7) is 4.92. The zero-order valence-electron chi connectivity index (χ0n) is 7.59. The first-order valence-corrected chi connectivity index (χ1v) is 5.21. The SMILES string of the molecule is Cc1sc(=NCCCl)n(C)c1C. The minimum atomic E-state index is 0.593. The Morgan fingerprint density at radius 3 is 2.58 bits per heavy atom. The molecule has 0 atom stereocenters. The van der Waals surface area contributed by atoms with Crippen molar-refractivity contribution in [1.82, 2.24) is 4.57 Å². The average Bonchev–Trinajstić information content (AvgIpc) is 2.30. The van der Waals surface area contributed by atoms with Gasteiger partial charge in [0, 0.05) is 23.5 Å². The molecule has 4 heteroatoms. The van der Waals surface area contributed by atoms with Crippen molar-refractivity contribution < 1.29 is 0 Å². The van der Waals surface area contributed by atoms with Gasteiger partial charge in [-0.05, 0) is 13.8 Å². The van der Waals surface area contributed by atoms with Crippen LogP contribution in [0.5, 0.6) is 0 Å². The van der Waals surface area contributed by atoms with E-state index in [9.17, 15) is 0 Å². The summed E-state index contributed by atoms with van der Waals surface area (Å²) in [5, 5.41) is 0. The van der Waals surface area contributed by atoms with Gasteiger partial charge in [-0.2, -0.15) is 0 Å². The van der Waals surface area contributed by atoms with Crippen LogP contribution < -0.4 is 4.80 Å². The Labute approximate surface area is 81.5 Å². The highest BCUT2D eigenvalue weighted by Crippen LogP contribution is 2.07. The highest BCUT2D eigenvalue weighted by Gasteiger charge is 2.00. The maximum atomic E-state index is 5.55. The Morgan fingerprint density at radius 2 is 2.17 bits per heavy atom. The Hall–Kier alpha value is -0.280. The lowest BCUT2D eigenvalue weighted by Gasteiger charge is -1.94. The first kappa shape index (κ1) is 9.81. The number of aromatic nitrogens is 1. The molecule has 0 aromatic carbocycles. The van der Waals surface area contributed by atoms with Crippen LogP contribution in [0.2, 0.25) is 0 Å². The predicted octanol–water partition coefficient (Wildman–Crippen LogP) is 1.84. The van der Waals surface area contributed by atoms with Crippen LogP contribution in [0.3, 0.4) is 0 Å². The third-order valence-corrected chi connectivity index (χ3v) is 3.23. The van der Waals surface area contributed by atoms with Crippen LogP contribution in [-0.2, 0) is 7.05 Å². The van der Waals surface area contributed by atoms with Crippen molar-refractivity contribution in [3.63, 3.8) is 0 Å². The van der Waals surface area contributed by atoms with Crippen molar-refractivity contribution in [2.24, 2.45) is 12.0 Å². The Kier molecular flexibility index (Phi) is 3.35. The molecule has 12 heavy (non-hydrogen) atoms. The molecule has 0 radical (unpaired) electrons. The molecule has 0 aliphatic heterocycles. The molecular weight excluding hydrogens is 192 g/mol. The summed E-state index contributed by atoms with van der Waals surface area (Å²) < 4.78 is 2.10. The molecule has 1 rings (SSSR count). The molecule has 2 nitrogen and oxygen atoms in total. The maximum Gasteiger partial charge on any atom is 0.184 e. The highest BCUT2D eigenvalue weighted by atomic mass is 35.5. The van der Waals surface area contributed by atoms with E-state index in [1.807, 2.05) is 7.05 Å². The van der Waals surface area contributed by atoms with Gasteiger partial charge in [-0.15, -0.1) is 22.9 Å². The van der Waals surface area contributed by atoms with Crippen molar-refractivity contribution in [2.45, 2.75) is 13.8 Å². The summed E-state index contributed by atoms with van der Waals surface area (Å²) in [5.74, 6) is 0.593. The fraction of sp³-hybridized carbons (Fsp3) is 0.625. The molecule has 1 heterocycles. The largest absolute Gasteiger partial charge is 0.324 e. The van der Waals surface area contributed by atoms with Crippen LogP contribution in [0.15, 0.2) is 4.99 Å². The summed E-state index contributed by atoms with van der Waals surface area (Å²) in [7, 11) is 2.03. The fourth-order valence-corrected chi connectivity index (χ4v) is 2.01. The monoisotopic (exact) mass is 204 g/mol. The number of nitrogens with zero attached hydrogens (tertiary/aromatic N) is 2. The van der Waals surface area contributed by atoms with E-state index in [-0.39, 0.29) is 0 Å². The van der Waals surface area contributed by atoms with E-state index >= 15 is 0 Å². The van der Waals surface area contributed by atoms with Gasteiger partial charge in [-0.3, -0.25) is 4.99 Å². The van der Waals surface area contributed by atoms with Gasteiger partial charge in [0.2, 0.25) is 0 Å². The summed E-state index contributed by atoms with van der Waals surface area (Å²) in [6, 6.07) is 0. The van der Waals surface area contributed by atoms with Crippen molar-refractivity contribution in [3.05, 3.63) is 15.4 Å². The van der Waals surface area contributed by atoms with Crippen LogP contribution >= 0.6 is 22.9 Å². The molecule has 0 saturated carbocycles. The molecule has 0 amide bonds. The van der Waals surface area contributed by atoms with Crippen molar-refractivity contribution >= 4 is 22.9 Å². The van der Waals surface area contributed by atoms with Gasteiger partial charge >= 0.3 is 0 Å². The van der Waals surface area contributed by atoms with Crippen LogP contribution in [-0.4, -0.2) is 17.0 Å². The molecule has 68 valence electrons. The summed E-state index contributed by atoms with van der Waals surface area (Å²) >= 11 is 7.27. The molecule has 0 aliphatic rings. The van der Waals surface area contributed by atoms with Crippen LogP contribution in [0.25, 0.3) is 0 Å². The van der Waals surface area contributed by atoms with E-state index < -0.39 is 0 Å². The first-order chi connectivity index (χ1) is 5.66. The first-order valence-electron chi connectivity index (χ1n) is 3.86. The molecule has 0 aliphatic carbocycles. The molecule has 0 saturated heterocycles. The zero-order valence-corrected chi connectivity index (χ0v) is 9.17. The van der Waals surface area contributed by atoms with Crippen molar-refractivity contribution in [2.75, 3.05) is 12.4 Å². The van der Waals surface area contributed by atoms with Gasteiger partial charge in [-0.25, -0.2) is 0 Å². The van der Waals surface area contributed by atoms with Gasteiger partial charge in [0.25, 0.3) is 0 Å². The van der Waals surface area contributed by atoms with Crippen molar-refractivity contribution in [1.29, 1.82) is 0 Å². The number of hydrogen-bond donors (Lipinski definition) is 0. The molecule has 1 aromatic heterocycles. The molecule has 0 spiro atoms. The van der Waals surface area contributed by atoms with E-state index in [0.717, 1.165) is 4.80 Å². The molecule has 0 unspecified atom stereocenters. The minimum Gasteiger partial charge on any atom is -0.324 e. The fourth-order valence-electron chi connectivity index (χ4n) is 0.935. The van der Waals surface area contributed by atoms with Gasteiger partial charge in [0.1, 0.15) is 0 Å². The van der Waals surface area contributed by atoms with E-state index in [4.69, 9.17) is 11.6 Å². The lowest BCUT2D eigenvalue weighted by molar-refractivity contribution is 0.813. The molecule has 0 fully saturated rings. The Balaban J connectivity index is 3.09. The van der Waals surface area contributed by atoms with Gasteiger partial charge in [0.15, 0.2) is 4.80 Å². The number of halogens is 1. The third kappa shape index (κ3) is 1.90. The van der Waals surface area contributed by atoms with E-state index in [0.29, 0.717) is 12.4 Å². The smallest absolute Gasteiger partial charge is 0.184 e. The quantitative estimate of drug-likeness (QED) is 0.655. The third-order valence-electron chi connectivity index (χ3n) is 1.88. The van der Waals surface area contributed by atoms with Gasteiger partial charge < -0.3 is 4.57 Å². The second kappa shape index (κ2) is 4.10. The molecule has 0 bridgehead atoms. The summed E-state index contributed by atoms with van der Waals surface area (Å²) in [5.41, 5.74) is 1.29. The standard InChI is InChI=1S/C8H13ClN2S/c1-6-7(2)12-8(11(6)3)10-5-4-9/h4-5H2,1-3H3. The number of rotatable bonds is 2. The lowest BCUT2D eigenvalue weighted by Crippen LogP contribution is -2.12. The van der Waals surface area contributed by atoms with Crippen LogP contribution in [0.4, 0.5) is 0 Å². The van der Waals surface area contributed by atoms with E-state index in [2.05, 4.69) is 23.4 Å². The van der Waals surface area contributed by atoms with Crippen LogP contribution in [0, 0.1) is 13.8 Å². The molecule has 0 N–H and O–H groups in total. The van der Waals surface area contributed by atoms with E-state index in [1.165, 1.54) is 10.6 Å². The van der Waals surface area contributed by atoms with Gasteiger partial charge in [0.05, 0.1) is 6.54 Å². The van der Waals surface area contributed by atoms with Gasteiger partial charge in [-0.1, -0.05) is 0 Å². The van der Waals surface area contributed by atoms with E-state index in [1.54, 1.807) is 11.3 Å². The second-order valence-electron chi connectivity index (χ2n) is 2.66. The lowest BCUT2D eigenvalue weighted by atomic mass is 10.4. The minimum absolute atomic E-state index is 0.593. The topological polar surface area (TPSA) is 17.3 Å². The Morgan fingerprint density at radius 1 is 1.50 bits per heavy atom. The number of hydrogen-bond acceptors (Lipinski definition) is 2. The Bertz CT molecular complexity index is 324. The maximum absolute atomic E-state index is 5.55. The summed E-state index contributed by atoms with van der Waals surface area (Å²) in [6.07, 6.45) is 0. The average molecular weight is 205 g/mol. The number of alkyl halides is 1. The zero-order chi connectivity index (χ0) is 9.14. The highest BCUT2D eigenvalue weighted by molar-refractivity contribution is 7.09. The summed E-state index contributed by atoms with van der Waals surface area (Å²) in [4.78, 5) is 6.74. The molecular formula is C8H13ClN2S. The second-order valence-corrected chi connectivity index (χ2v) is 4.22. The number of thiazole rings is 1. The normalized spacial score (nSPS) is 12.5. The molecule has 1 aromatic rings. The predicted molar refractivity (Wildman–Crippen MR) is 53.9 cm³/mol.